The number of carbonyl (C=O) groups excluding carboxylic acids is 1. The van der Waals surface area contributed by atoms with Crippen molar-refractivity contribution in [1.29, 1.82) is 0 Å². The maximum absolute atomic E-state index is 10.8. The quantitative estimate of drug-likeness (QED) is 0.657. The molecule has 2 N–H and O–H groups in total. The molecule has 4 heteroatoms. The van der Waals surface area contributed by atoms with Crippen LogP contribution in [0.15, 0.2) is 0 Å². The van der Waals surface area contributed by atoms with Gasteiger partial charge in [0.25, 0.3) is 0 Å². The van der Waals surface area contributed by atoms with Gasteiger partial charge in [0.05, 0.1) is 6.54 Å². The fraction of sp³-hybridized carbons (Fsp3) is 0.900. The summed E-state index contributed by atoms with van der Waals surface area (Å²) < 4.78 is 0. The molecule has 1 amide bonds. The Labute approximate surface area is 85.0 Å². The van der Waals surface area contributed by atoms with Crippen molar-refractivity contribution in [2.24, 2.45) is 5.73 Å². The molecule has 2 heterocycles. The molecule has 1 spiro atoms. The third kappa shape index (κ3) is 1.25. The Balaban J connectivity index is 1.98. The number of amides is 1. The summed E-state index contributed by atoms with van der Waals surface area (Å²) in [5.74, 6) is -0.215. The molecular weight excluding hydrogens is 178 g/mol. The fourth-order valence-electron chi connectivity index (χ4n) is 3.00. The second kappa shape index (κ2) is 3.21. The lowest BCUT2D eigenvalue weighted by atomic mass is 9.78. The van der Waals surface area contributed by atoms with Crippen molar-refractivity contribution in [3.8, 4) is 0 Å². The Morgan fingerprint density at radius 3 is 2.79 bits per heavy atom. The number of primary amides is 1. The molecular formula is C10H19N3O. The van der Waals surface area contributed by atoms with E-state index in [0.29, 0.717) is 18.1 Å². The van der Waals surface area contributed by atoms with Gasteiger partial charge < -0.3 is 5.73 Å². The predicted molar refractivity (Wildman–Crippen MR) is 54.8 cm³/mol. The van der Waals surface area contributed by atoms with Crippen LogP contribution in [0.25, 0.3) is 0 Å². The van der Waals surface area contributed by atoms with Crippen LogP contribution in [-0.4, -0.2) is 54.0 Å². The van der Waals surface area contributed by atoms with E-state index in [4.69, 9.17) is 5.73 Å². The SMILES string of the molecule is CC1N(CC(N)=O)CC12CCCN2C. The van der Waals surface area contributed by atoms with Crippen LogP contribution in [0.1, 0.15) is 19.8 Å². The number of likely N-dealkylation sites (N-methyl/N-ethyl adjacent to an activating group) is 1. The molecule has 2 aliphatic rings. The van der Waals surface area contributed by atoms with Crippen molar-refractivity contribution >= 4 is 5.91 Å². The van der Waals surface area contributed by atoms with E-state index in [2.05, 4.69) is 23.8 Å². The first-order valence-corrected chi connectivity index (χ1v) is 5.30. The van der Waals surface area contributed by atoms with Crippen LogP contribution < -0.4 is 5.73 Å². The molecule has 0 aromatic heterocycles. The minimum Gasteiger partial charge on any atom is -0.369 e. The number of hydrogen-bond acceptors (Lipinski definition) is 3. The van der Waals surface area contributed by atoms with Crippen molar-refractivity contribution in [3.63, 3.8) is 0 Å². The second-order valence-electron chi connectivity index (χ2n) is 4.68. The summed E-state index contributed by atoms with van der Waals surface area (Å²) in [6.07, 6.45) is 2.55. The van der Waals surface area contributed by atoms with Gasteiger partial charge in [-0.05, 0) is 33.4 Å². The van der Waals surface area contributed by atoms with Gasteiger partial charge in [-0.3, -0.25) is 14.6 Å². The minimum absolute atomic E-state index is 0.215. The van der Waals surface area contributed by atoms with Gasteiger partial charge >= 0.3 is 0 Å². The summed E-state index contributed by atoms with van der Waals surface area (Å²) in [6.45, 7) is 4.81. The molecule has 0 saturated carbocycles. The molecule has 2 saturated heterocycles. The van der Waals surface area contributed by atoms with Gasteiger partial charge in [-0.15, -0.1) is 0 Å². The molecule has 2 fully saturated rings. The summed E-state index contributed by atoms with van der Waals surface area (Å²) in [7, 11) is 2.19. The molecule has 2 aliphatic heterocycles. The highest BCUT2D eigenvalue weighted by Gasteiger charge is 2.54. The average Bonchev–Trinajstić information content (AvgIpc) is 2.48. The highest BCUT2D eigenvalue weighted by molar-refractivity contribution is 5.76. The van der Waals surface area contributed by atoms with E-state index >= 15 is 0 Å². The summed E-state index contributed by atoms with van der Waals surface area (Å²) in [5.41, 5.74) is 5.54. The van der Waals surface area contributed by atoms with Gasteiger partial charge in [0.15, 0.2) is 0 Å². The molecule has 14 heavy (non-hydrogen) atoms. The Hall–Kier alpha value is -0.610. The predicted octanol–water partition coefficient (Wildman–Crippen LogP) is -0.360. The normalized spacial score (nSPS) is 38.9. The first-order valence-electron chi connectivity index (χ1n) is 5.30. The smallest absolute Gasteiger partial charge is 0.231 e. The zero-order chi connectivity index (χ0) is 10.3. The van der Waals surface area contributed by atoms with Gasteiger partial charge in [0, 0.05) is 18.1 Å². The zero-order valence-electron chi connectivity index (χ0n) is 8.99. The summed E-state index contributed by atoms with van der Waals surface area (Å²) >= 11 is 0. The molecule has 0 bridgehead atoms. The highest BCUT2D eigenvalue weighted by Crippen LogP contribution is 2.41. The first-order chi connectivity index (χ1) is 6.56. The number of likely N-dealkylation sites (tertiary alicyclic amines) is 2. The lowest BCUT2D eigenvalue weighted by Crippen LogP contribution is -2.73. The zero-order valence-corrected chi connectivity index (χ0v) is 8.99. The van der Waals surface area contributed by atoms with E-state index in [9.17, 15) is 4.79 Å². The molecule has 4 nitrogen and oxygen atoms in total. The molecule has 2 rings (SSSR count). The van der Waals surface area contributed by atoms with Gasteiger partial charge in [-0.25, -0.2) is 0 Å². The Bertz CT molecular complexity index is 256. The summed E-state index contributed by atoms with van der Waals surface area (Å²) in [4.78, 5) is 15.4. The number of nitrogens with zero attached hydrogens (tertiary/aromatic N) is 2. The lowest BCUT2D eigenvalue weighted by molar-refractivity contribution is -0.127. The van der Waals surface area contributed by atoms with Crippen LogP contribution in [0.2, 0.25) is 0 Å². The molecule has 0 aromatic carbocycles. The molecule has 2 unspecified atom stereocenters. The maximum Gasteiger partial charge on any atom is 0.231 e. The van der Waals surface area contributed by atoms with Crippen molar-refractivity contribution in [3.05, 3.63) is 0 Å². The number of hydrogen-bond donors (Lipinski definition) is 1. The highest BCUT2D eigenvalue weighted by atomic mass is 16.1. The van der Waals surface area contributed by atoms with Crippen molar-refractivity contribution < 1.29 is 4.79 Å². The Morgan fingerprint density at radius 2 is 2.36 bits per heavy atom. The van der Waals surface area contributed by atoms with Crippen LogP contribution in [0.4, 0.5) is 0 Å². The number of carbonyl (C=O) groups is 1. The van der Waals surface area contributed by atoms with E-state index in [1.54, 1.807) is 0 Å². The summed E-state index contributed by atoms with van der Waals surface area (Å²) in [6, 6.07) is 0.475. The monoisotopic (exact) mass is 197 g/mol. The number of nitrogens with two attached hydrogens (primary N) is 1. The Kier molecular flexibility index (Phi) is 2.27. The molecule has 0 aromatic rings. The van der Waals surface area contributed by atoms with E-state index < -0.39 is 0 Å². The topological polar surface area (TPSA) is 49.6 Å². The van der Waals surface area contributed by atoms with Crippen LogP contribution >= 0.6 is 0 Å². The fourth-order valence-corrected chi connectivity index (χ4v) is 3.00. The van der Waals surface area contributed by atoms with Gasteiger partial charge in [0.1, 0.15) is 0 Å². The maximum atomic E-state index is 10.8. The van der Waals surface area contributed by atoms with Gasteiger partial charge in [-0.1, -0.05) is 0 Å². The lowest BCUT2D eigenvalue weighted by Gasteiger charge is -2.57. The van der Waals surface area contributed by atoms with Crippen LogP contribution in [0.5, 0.6) is 0 Å². The summed E-state index contributed by atoms with van der Waals surface area (Å²) in [5, 5.41) is 0. The third-order valence-corrected chi connectivity index (χ3v) is 4.02. The molecule has 2 atom stereocenters. The third-order valence-electron chi connectivity index (χ3n) is 4.02. The van der Waals surface area contributed by atoms with E-state index in [1.165, 1.54) is 19.4 Å². The van der Waals surface area contributed by atoms with Crippen molar-refractivity contribution in [2.75, 3.05) is 26.7 Å². The Morgan fingerprint density at radius 1 is 1.64 bits per heavy atom. The average molecular weight is 197 g/mol. The van der Waals surface area contributed by atoms with Crippen molar-refractivity contribution in [2.45, 2.75) is 31.3 Å². The van der Waals surface area contributed by atoms with E-state index in [1.807, 2.05) is 0 Å². The van der Waals surface area contributed by atoms with Crippen LogP contribution in [0.3, 0.4) is 0 Å². The standard InChI is InChI=1S/C10H19N3O/c1-8-10(4-3-5-12(10)2)7-13(8)6-9(11)14/h8H,3-7H2,1-2H3,(H2,11,14). The largest absolute Gasteiger partial charge is 0.369 e. The van der Waals surface area contributed by atoms with E-state index in [0.717, 1.165) is 6.54 Å². The van der Waals surface area contributed by atoms with Gasteiger partial charge in [-0.2, -0.15) is 0 Å². The molecule has 0 radical (unpaired) electrons. The van der Waals surface area contributed by atoms with Gasteiger partial charge in [0.2, 0.25) is 5.91 Å². The second-order valence-corrected chi connectivity index (χ2v) is 4.68. The first kappa shape index (κ1) is 9.93. The van der Waals surface area contributed by atoms with Crippen molar-refractivity contribution in [1.82, 2.24) is 9.80 Å². The minimum atomic E-state index is -0.215. The molecule has 0 aliphatic carbocycles. The van der Waals surface area contributed by atoms with Crippen LogP contribution in [0, 0.1) is 0 Å². The van der Waals surface area contributed by atoms with E-state index in [-0.39, 0.29) is 5.91 Å². The molecule has 80 valence electrons. The number of rotatable bonds is 2. The van der Waals surface area contributed by atoms with Crippen LogP contribution in [-0.2, 0) is 4.79 Å².